The smallest absolute Gasteiger partial charge is 0.366 e. The van der Waals surface area contributed by atoms with E-state index in [0.717, 1.165) is 25.7 Å². The first-order valence-electron chi connectivity index (χ1n) is 6.99. The van der Waals surface area contributed by atoms with Crippen molar-refractivity contribution in [2.45, 2.75) is 44.3 Å². The lowest BCUT2D eigenvalue weighted by Gasteiger charge is -2.48. The van der Waals surface area contributed by atoms with E-state index in [2.05, 4.69) is 4.74 Å². The molecule has 1 aliphatic heterocycles. The number of methoxy groups -OCH3 is 1. The summed E-state index contributed by atoms with van der Waals surface area (Å²) in [4.78, 5) is 23.8. The van der Waals surface area contributed by atoms with Crippen LogP contribution >= 0.6 is 0 Å². The number of hydrogen-bond donors (Lipinski definition) is 1. The highest BCUT2D eigenvalue weighted by atomic mass is 16.7. The first-order chi connectivity index (χ1) is 9.03. The van der Waals surface area contributed by atoms with Gasteiger partial charge in [0, 0.05) is 24.2 Å². The highest BCUT2D eigenvalue weighted by molar-refractivity contribution is 5.84. The standard InChI is InChI=1S/C14H20O5/c1-18-12(16)14(17)11-7-10(15)6-9-4-2-3-5-13(9,11)8-19-14/h9,11,17H,2-8H2,1H3/t9-,11+,13-,14-/m1/s1. The van der Waals surface area contributed by atoms with Gasteiger partial charge in [-0.15, -0.1) is 0 Å². The van der Waals surface area contributed by atoms with Crippen molar-refractivity contribution < 1.29 is 24.2 Å². The van der Waals surface area contributed by atoms with Gasteiger partial charge >= 0.3 is 5.97 Å². The van der Waals surface area contributed by atoms with Crippen molar-refractivity contribution >= 4 is 11.8 Å². The number of esters is 1. The van der Waals surface area contributed by atoms with Crippen LogP contribution in [0.1, 0.15) is 38.5 Å². The molecule has 0 amide bonds. The van der Waals surface area contributed by atoms with E-state index in [-0.39, 0.29) is 23.5 Å². The predicted molar refractivity (Wildman–Crippen MR) is 65.0 cm³/mol. The Morgan fingerprint density at radius 2 is 2.21 bits per heavy atom. The summed E-state index contributed by atoms with van der Waals surface area (Å²) in [6.07, 6.45) is 4.89. The molecule has 0 bridgehead atoms. The quantitative estimate of drug-likeness (QED) is 0.719. The van der Waals surface area contributed by atoms with Gasteiger partial charge in [-0.2, -0.15) is 0 Å². The SMILES string of the molecule is COC(=O)[C@]1(O)OC[C@]23CCCC[C@@H]2CC(=O)C[C@@H]31. The number of aliphatic hydroxyl groups is 1. The van der Waals surface area contributed by atoms with Gasteiger partial charge in [-0.3, -0.25) is 4.79 Å². The molecule has 0 aromatic carbocycles. The van der Waals surface area contributed by atoms with Gasteiger partial charge in [0.25, 0.3) is 5.79 Å². The second-order valence-corrected chi connectivity index (χ2v) is 6.15. The van der Waals surface area contributed by atoms with Crippen molar-refractivity contribution in [1.82, 2.24) is 0 Å². The lowest BCUT2D eigenvalue weighted by Crippen LogP contribution is -2.54. The largest absolute Gasteiger partial charge is 0.465 e. The Balaban J connectivity index is 1.99. The normalized spacial score (nSPS) is 45.5. The van der Waals surface area contributed by atoms with E-state index in [4.69, 9.17) is 4.74 Å². The summed E-state index contributed by atoms with van der Waals surface area (Å²) in [6.45, 7) is 0.362. The van der Waals surface area contributed by atoms with Crippen LogP contribution in [-0.4, -0.2) is 36.4 Å². The van der Waals surface area contributed by atoms with E-state index in [9.17, 15) is 14.7 Å². The van der Waals surface area contributed by atoms with Crippen LogP contribution in [0.5, 0.6) is 0 Å². The van der Waals surface area contributed by atoms with Crippen LogP contribution in [0.15, 0.2) is 0 Å². The highest BCUT2D eigenvalue weighted by Crippen LogP contribution is 2.60. The summed E-state index contributed by atoms with van der Waals surface area (Å²) in [7, 11) is 1.23. The third-order valence-corrected chi connectivity index (χ3v) is 5.37. The minimum Gasteiger partial charge on any atom is -0.465 e. The summed E-state index contributed by atoms with van der Waals surface area (Å²) < 4.78 is 10.2. The van der Waals surface area contributed by atoms with Crippen LogP contribution in [0.2, 0.25) is 0 Å². The number of rotatable bonds is 1. The molecule has 3 aliphatic rings. The zero-order chi connectivity index (χ0) is 13.7. The third-order valence-electron chi connectivity index (χ3n) is 5.37. The summed E-state index contributed by atoms with van der Waals surface area (Å²) in [5.74, 6) is -2.78. The van der Waals surface area contributed by atoms with Crippen molar-refractivity contribution in [2.75, 3.05) is 13.7 Å². The monoisotopic (exact) mass is 268 g/mol. The number of hydrogen-bond acceptors (Lipinski definition) is 5. The Hall–Kier alpha value is -0.940. The highest BCUT2D eigenvalue weighted by Gasteiger charge is 2.66. The summed E-state index contributed by atoms with van der Waals surface area (Å²) >= 11 is 0. The number of carbonyl (C=O) groups is 2. The van der Waals surface area contributed by atoms with Crippen LogP contribution in [0.3, 0.4) is 0 Å². The fraction of sp³-hybridized carbons (Fsp3) is 0.857. The molecule has 2 aliphatic carbocycles. The van der Waals surface area contributed by atoms with E-state index < -0.39 is 17.7 Å². The Morgan fingerprint density at radius 3 is 2.95 bits per heavy atom. The molecule has 4 atom stereocenters. The van der Waals surface area contributed by atoms with Gasteiger partial charge in [0.1, 0.15) is 5.78 Å². The summed E-state index contributed by atoms with van der Waals surface area (Å²) in [5, 5.41) is 10.6. The maximum Gasteiger partial charge on any atom is 0.366 e. The van der Waals surface area contributed by atoms with E-state index in [1.807, 2.05) is 0 Å². The van der Waals surface area contributed by atoms with Crippen LogP contribution in [-0.2, 0) is 19.1 Å². The predicted octanol–water partition coefficient (Wildman–Crippen LogP) is 1.03. The molecule has 5 nitrogen and oxygen atoms in total. The summed E-state index contributed by atoms with van der Waals surface area (Å²) in [5.41, 5.74) is -0.213. The molecule has 1 N–H and O–H groups in total. The van der Waals surface area contributed by atoms with Gasteiger partial charge in [0.2, 0.25) is 0 Å². The van der Waals surface area contributed by atoms with Crippen molar-refractivity contribution in [1.29, 1.82) is 0 Å². The maximum atomic E-state index is 11.9. The topological polar surface area (TPSA) is 72.8 Å². The molecular formula is C14H20O5. The number of carbonyl (C=O) groups excluding carboxylic acids is 2. The molecular weight excluding hydrogens is 248 g/mol. The minimum absolute atomic E-state index is 0.125. The molecule has 0 aromatic rings. The zero-order valence-electron chi connectivity index (χ0n) is 11.2. The molecule has 3 fully saturated rings. The molecule has 0 unspecified atom stereocenters. The molecule has 0 radical (unpaired) electrons. The fourth-order valence-electron chi connectivity index (χ4n) is 4.40. The van der Waals surface area contributed by atoms with E-state index in [0.29, 0.717) is 13.0 Å². The van der Waals surface area contributed by atoms with Crippen molar-refractivity contribution in [2.24, 2.45) is 17.3 Å². The molecule has 1 saturated heterocycles. The van der Waals surface area contributed by atoms with Gasteiger partial charge in [0.15, 0.2) is 0 Å². The van der Waals surface area contributed by atoms with E-state index in [1.165, 1.54) is 7.11 Å². The Labute approximate surface area is 112 Å². The average molecular weight is 268 g/mol. The molecule has 5 heteroatoms. The summed E-state index contributed by atoms with van der Waals surface area (Å²) in [6, 6.07) is 0. The van der Waals surface area contributed by atoms with Gasteiger partial charge in [-0.1, -0.05) is 12.8 Å². The first-order valence-corrected chi connectivity index (χ1v) is 6.99. The van der Waals surface area contributed by atoms with Gasteiger partial charge < -0.3 is 14.6 Å². The Kier molecular flexibility index (Phi) is 2.94. The number of ketones is 1. The fourth-order valence-corrected chi connectivity index (χ4v) is 4.40. The number of ether oxygens (including phenoxy) is 2. The molecule has 1 heterocycles. The van der Waals surface area contributed by atoms with Crippen LogP contribution in [0.25, 0.3) is 0 Å². The molecule has 2 saturated carbocycles. The van der Waals surface area contributed by atoms with E-state index in [1.54, 1.807) is 0 Å². The average Bonchev–Trinajstić information content (AvgIpc) is 2.70. The Bertz CT molecular complexity index is 420. The maximum absolute atomic E-state index is 11.9. The van der Waals surface area contributed by atoms with Crippen LogP contribution < -0.4 is 0 Å². The molecule has 0 aromatic heterocycles. The third kappa shape index (κ3) is 1.68. The lowest BCUT2D eigenvalue weighted by molar-refractivity contribution is -0.224. The molecule has 106 valence electrons. The first kappa shape index (κ1) is 13.1. The molecule has 3 rings (SSSR count). The lowest BCUT2D eigenvalue weighted by atomic mass is 9.54. The van der Waals surface area contributed by atoms with Gasteiger partial charge in [0.05, 0.1) is 13.7 Å². The van der Waals surface area contributed by atoms with Gasteiger partial charge in [-0.25, -0.2) is 4.79 Å². The van der Waals surface area contributed by atoms with Crippen LogP contribution in [0.4, 0.5) is 0 Å². The van der Waals surface area contributed by atoms with Crippen molar-refractivity contribution in [3.8, 4) is 0 Å². The van der Waals surface area contributed by atoms with Crippen molar-refractivity contribution in [3.05, 3.63) is 0 Å². The second kappa shape index (κ2) is 4.28. The Morgan fingerprint density at radius 1 is 1.42 bits per heavy atom. The minimum atomic E-state index is -1.93. The molecule has 19 heavy (non-hydrogen) atoms. The zero-order valence-corrected chi connectivity index (χ0v) is 11.2. The van der Waals surface area contributed by atoms with Gasteiger partial charge in [-0.05, 0) is 18.8 Å². The van der Waals surface area contributed by atoms with Crippen LogP contribution in [0, 0.1) is 17.3 Å². The van der Waals surface area contributed by atoms with E-state index >= 15 is 0 Å². The number of Topliss-reactive ketones (excluding diaryl/α,β-unsaturated/α-hetero) is 1. The second-order valence-electron chi connectivity index (χ2n) is 6.15. The molecule has 1 spiro atoms. The van der Waals surface area contributed by atoms with Crippen molar-refractivity contribution in [3.63, 3.8) is 0 Å².